The lowest BCUT2D eigenvalue weighted by Gasteiger charge is -2.38. The standard InChI is InChI=1S/C24H27Cl2NO5/c1-15-5-4-6-16(2)27(15)23(28)14-32-24(29)17-8-10-21(22(11-17)30-3)31-13-18-7-9-19(25)12-20(18)26/h7-12,15-16H,4-6,13-14H2,1-3H3. The smallest absolute Gasteiger partial charge is 0.338 e. The number of piperidine rings is 1. The minimum Gasteiger partial charge on any atom is -0.493 e. The second-order valence-corrected chi connectivity index (χ2v) is 8.74. The fraction of sp³-hybridized carbons (Fsp3) is 0.417. The van der Waals surface area contributed by atoms with E-state index in [1.165, 1.54) is 13.2 Å². The molecular weight excluding hydrogens is 453 g/mol. The van der Waals surface area contributed by atoms with Crippen molar-refractivity contribution < 1.29 is 23.8 Å². The molecule has 32 heavy (non-hydrogen) atoms. The van der Waals surface area contributed by atoms with E-state index in [1.54, 1.807) is 30.3 Å². The second kappa shape index (κ2) is 10.9. The van der Waals surface area contributed by atoms with E-state index in [2.05, 4.69) is 0 Å². The van der Waals surface area contributed by atoms with E-state index >= 15 is 0 Å². The van der Waals surface area contributed by atoms with Gasteiger partial charge in [0.25, 0.3) is 5.91 Å². The Morgan fingerprint density at radius 2 is 1.75 bits per heavy atom. The molecule has 1 aliphatic rings. The number of hydrogen-bond donors (Lipinski definition) is 0. The van der Waals surface area contributed by atoms with Crippen LogP contribution in [-0.4, -0.2) is 42.6 Å². The summed E-state index contributed by atoms with van der Waals surface area (Å²) in [5.74, 6) is 0.0438. The molecule has 0 aliphatic carbocycles. The van der Waals surface area contributed by atoms with Crippen molar-refractivity contribution in [1.29, 1.82) is 0 Å². The monoisotopic (exact) mass is 479 g/mol. The fourth-order valence-electron chi connectivity index (χ4n) is 3.91. The summed E-state index contributed by atoms with van der Waals surface area (Å²) in [6.07, 6.45) is 3.03. The average Bonchev–Trinajstić information content (AvgIpc) is 2.76. The molecule has 0 bridgehead atoms. The predicted molar refractivity (Wildman–Crippen MR) is 124 cm³/mol. The third-order valence-electron chi connectivity index (χ3n) is 5.61. The molecule has 0 aromatic heterocycles. The lowest BCUT2D eigenvalue weighted by atomic mass is 9.97. The number of carbonyl (C=O) groups is 2. The van der Waals surface area contributed by atoms with E-state index < -0.39 is 5.97 Å². The number of benzene rings is 2. The Kier molecular flexibility index (Phi) is 8.26. The number of ether oxygens (including phenoxy) is 3. The molecule has 172 valence electrons. The maximum absolute atomic E-state index is 12.6. The summed E-state index contributed by atoms with van der Waals surface area (Å²) in [7, 11) is 1.48. The van der Waals surface area contributed by atoms with Gasteiger partial charge in [-0.15, -0.1) is 0 Å². The molecular formula is C24H27Cl2NO5. The molecule has 6 nitrogen and oxygen atoms in total. The molecule has 1 aliphatic heterocycles. The van der Waals surface area contributed by atoms with Gasteiger partial charge in [0.2, 0.25) is 0 Å². The van der Waals surface area contributed by atoms with Crippen LogP contribution >= 0.6 is 23.2 Å². The molecule has 8 heteroatoms. The van der Waals surface area contributed by atoms with Crippen LogP contribution in [0.5, 0.6) is 11.5 Å². The van der Waals surface area contributed by atoms with E-state index in [0.29, 0.717) is 21.5 Å². The lowest BCUT2D eigenvalue weighted by Crippen LogP contribution is -2.49. The van der Waals surface area contributed by atoms with Gasteiger partial charge in [-0.25, -0.2) is 4.79 Å². The first-order valence-corrected chi connectivity index (χ1v) is 11.3. The highest BCUT2D eigenvalue weighted by Gasteiger charge is 2.29. The molecule has 3 rings (SSSR count). The van der Waals surface area contributed by atoms with E-state index in [1.807, 2.05) is 18.7 Å². The van der Waals surface area contributed by atoms with Gasteiger partial charge in [-0.2, -0.15) is 0 Å². The number of nitrogens with zero attached hydrogens (tertiary/aromatic N) is 1. The SMILES string of the molecule is COc1cc(C(=O)OCC(=O)N2C(C)CCCC2C)ccc1OCc1ccc(Cl)cc1Cl. The van der Waals surface area contributed by atoms with Crippen LogP contribution in [0, 0.1) is 0 Å². The highest BCUT2D eigenvalue weighted by Crippen LogP contribution is 2.30. The summed E-state index contributed by atoms with van der Waals surface area (Å²) in [4.78, 5) is 26.9. The van der Waals surface area contributed by atoms with Crippen LogP contribution in [0.2, 0.25) is 10.0 Å². The van der Waals surface area contributed by atoms with E-state index in [4.69, 9.17) is 37.4 Å². The zero-order valence-electron chi connectivity index (χ0n) is 18.4. The fourth-order valence-corrected chi connectivity index (χ4v) is 4.37. The summed E-state index contributed by atoms with van der Waals surface area (Å²) in [6, 6.07) is 10.2. The Labute approximate surface area is 198 Å². The summed E-state index contributed by atoms with van der Waals surface area (Å²) in [5, 5.41) is 1.04. The van der Waals surface area contributed by atoms with Gasteiger partial charge in [-0.3, -0.25) is 4.79 Å². The predicted octanol–water partition coefficient (Wildman–Crippen LogP) is 5.53. The van der Waals surface area contributed by atoms with Crippen molar-refractivity contribution >= 4 is 35.1 Å². The number of likely N-dealkylation sites (tertiary alicyclic amines) is 1. The quantitative estimate of drug-likeness (QED) is 0.488. The Hall–Kier alpha value is -2.44. The number of esters is 1. The number of amides is 1. The highest BCUT2D eigenvalue weighted by atomic mass is 35.5. The van der Waals surface area contributed by atoms with Gasteiger partial charge in [-0.05, 0) is 63.4 Å². The van der Waals surface area contributed by atoms with E-state index in [-0.39, 0.29) is 36.8 Å². The van der Waals surface area contributed by atoms with Crippen molar-refractivity contribution in [1.82, 2.24) is 4.90 Å². The number of halogens is 2. The summed E-state index contributed by atoms with van der Waals surface area (Å²) in [5.41, 5.74) is 1.03. The second-order valence-electron chi connectivity index (χ2n) is 7.90. The lowest BCUT2D eigenvalue weighted by molar-refractivity contribution is -0.140. The average molecular weight is 480 g/mol. The number of methoxy groups -OCH3 is 1. The summed E-state index contributed by atoms with van der Waals surface area (Å²) >= 11 is 12.1. The van der Waals surface area contributed by atoms with Crippen molar-refractivity contribution in [2.75, 3.05) is 13.7 Å². The van der Waals surface area contributed by atoms with Gasteiger partial charge in [0.15, 0.2) is 18.1 Å². The molecule has 0 N–H and O–H groups in total. The number of carbonyl (C=O) groups excluding carboxylic acids is 2. The van der Waals surface area contributed by atoms with Crippen LogP contribution in [0.25, 0.3) is 0 Å². The van der Waals surface area contributed by atoms with Crippen molar-refractivity contribution in [3.63, 3.8) is 0 Å². The Morgan fingerprint density at radius 3 is 2.41 bits per heavy atom. The van der Waals surface area contributed by atoms with Gasteiger partial charge in [0.1, 0.15) is 6.61 Å². The first kappa shape index (κ1) is 24.2. The van der Waals surface area contributed by atoms with Gasteiger partial charge < -0.3 is 19.1 Å². The molecule has 1 heterocycles. The Bertz CT molecular complexity index is 971. The molecule has 1 fully saturated rings. The zero-order chi connectivity index (χ0) is 23.3. The summed E-state index contributed by atoms with van der Waals surface area (Å²) < 4.78 is 16.4. The maximum Gasteiger partial charge on any atom is 0.338 e. The molecule has 2 aromatic rings. The molecule has 2 atom stereocenters. The van der Waals surface area contributed by atoms with Gasteiger partial charge in [0.05, 0.1) is 12.7 Å². The molecule has 2 aromatic carbocycles. The van der Waals surface area contributed by atoms with E-state index in [0.717, 1.165) is 24.8 Å². The van der Waals surface area contributed by atoms with Gasteiger partial charge in [-0.1, -0.05) is 29.3 Å². The maximum atomic E-state index is 12.6. The first-order valence-electron chi connectivity index (χ1n) is 10.5. The zero-order valence-corrected chi connectivity index (χ0v) is 19.9. The third-order valence-corrected chi connectivity index (χ3v) is 6.19. The van der Waals surface area contributed by atoms with Gasteiger partial charge >= 0.3 is 5.97 Å². The molecule has 1 amide bonds. The largest absolute Gasteiger partial charge is 0.493 e. The molecule has 0 saturated carbocycles. The van der Waals surface area contributed by atoms with E-state index in [9.17, 15) is 9.59 Å². The third kappa shape index (κ3) is 5.87. The van der Waals surface area contributed by atoms with Crippen LogP contribution in [0.15, 0.2) is 36.4 Å². The van der Waals surface area contributed by atoms with Crippen LogP contribution in [0.3, 0.4) is 0 Å². The highest BCUT2D eigenvalue weighted by molar-refractivity contribution is 6.35. The van der Waals surface area contributed by atoms with Crippen molar-refractivity contribution in [3.05, 3.63) is 57.6 Å². The molecule has 1 saturated heterocycles. The minimum atomic E-state index is -0.596. The van der Waals surface area contributed by atoms with Crippen molar-refractivity contribution in [3.8, 4) is 11.5 Å². The number of hydrogen-bond acceptors (Lipinski definition) is 5. The van der Waals surface area contributed by atoms with Crippen molar-refractivity contribution in [2.24, 2.45) is 0 Å². The minimum absolute atomic E-state index is 0.149. The first-order chi connectivity index (χ1) is 15.3. The normalized spacial score (nSPS) is 18.2. The molecule has 2 unspecified atom stereocenters. The topological polar surface area (TPSA) is 65.1 Å². The van der Waals surface area contributed by atoms with Crippen LogP contribution in [0.4, 0.5) is 0 Å². The Morgan fingerprint density at radius 1 is 1.03 bits per heavy atom. The van der Waals surface area contributed by atoms with Gasteiger partial charge in [0, 0.05) is 27.7 Å². The van der Waals surface area contributed by atoms with Crippen LogP contribution in [-0.2, 0) is 16.1 Å². The summed E-state index contributed by atoms with van der Waals surface area (Å²) in [6.45, 7) is 3.96. The molecule has 0 spiro atoms. The van der Waals surface area contributed by atoms with Crippen LogP contribution in [0.1, 0.15) is 49.0 Å². The Balaban J connectivity index is 1.61. The van der Waals surface area contributed by atoms with Crippen molar-refractivity contribution in [2.45, 2.75) is 51.8 Å². The number of rotatable bonds is 7. The molecule has 0 radical (unpaired) electrons. The van der Waals surface area contributed by atoms with Crippen LogP contribution < -0.4 is 9.47 Å².